The lowest BCUT2D eigenvalue weighted by Gasteiger charge is -2.48. The molecular formula is C12H24F2N2. The third kappa shape index (κ3) is 3.14. The Kier molecular flexibility index (Phi) is 4.29. The molecule has 2 nitrogen and oxygen atoms in total. The summed E-state index contributed by atoms with van der Waals surface area (Å²) in [4.78, 5) is 0. The van der Waals surface area contributed by atoms with E-state index in [1.165, 1.54) is 0 Å². The maximum atomic E-state index is 12.3. The van der Waals surface area contributed by atoms with Crippen molar-refractivity contribution in [3.05, 3.63) is 0 Å². The van der Waals surface area contributed by atoms with Crippen LogP contribution in [0.15, 0.2) is 0 Å². The minimum atomic E-state index is -2.30. The maximum Gasteiger partial charge on any atom is 0.250 e. The van der Waals surface area contributed by atoms with Gasteiger partial charge in [-0.15, -0.1) is 0 Å². The third-order valence-corrected chi connectivity index (χ3v) is 4.02. The summed E-state index contributed by atoms with van der Waals surface area (Å²) in [5.41, 5.74) is 5.82. The quantitative estimate of drug-likeness (QED) is 0.784. The van der Waals surface area contributed by atoms with E-state index in [9.17, 15) is 8.78 Å². The van der Waals surface area contributed by atoms with Crippen molar-refractivity contribution in [1.29, 1.82) is 0 Å². The van der Waals surface area contributed by atoms with E-state index < -0.39 is 6.43 Å². The molecule has 0 bridgehead atoms. The minimum absolute atomic E-state index is 0.248. The van der Waals surface area contributed by atoms with Gasteiger partial charge in [-0.2, -0.15) is 0 Å². The topological polar surface area (TPSA) is 38.0 Å². The highest BCUT2D eigenvalue weighted by Gasteiger charge is 2.42. The second-order valence-corrected chi connectivity index (χ2v) is 5.90. The second kappa shape index (κ2) is 4.96. The molecule has 0 heterocycles. The first-order valence-corrected chi connectivity index (χ1v) is 6.04. The second-order valence-electron chi connectivity index (χ2n) is 5.90. The molecule has 2 atom stereocenters. The van der Waals surface area contributed by atoms with E-state index in [4.69, 9.17) is 5.73 Å². The molecule has 0 aromatic carbocycles. The summed E-state index contributed by atoms with van der Waals surface area (Å²) in [5, 5.41) is 3.00. The van der Waals surface area contributed by atoms with Crippen molar-refractivity contribution in [1.82, 2.24) is 5.32 Å². The molecule has 0 radical (unpaired) electrons. The third-order valence-electron chi connectivity index (χ3n) is 4.02. The molecule has 1 aliphatic rings. The van der Waals surface area contributed by atoms with Crippen LogP contribution in [0.1, 0.15) is 40.0 Å². The fraction of sp³-hybridized carbons (Fsp3) is 1.00. The standard InChI is InChI=1S/C12H24F2N2/c1-9-6-11(2,3)4-5-12(9,8-15)16-7-10(13)14/h9-10,16H,4-8,15H2,1-3H3. The highest BCUT2D eigenvalue weighted by molar-refractivity contribution is 5.00. The SMILES string of the molecule is CC1CC(C)(C)CCC1(CN)NCC(F)F. The van der Waals surface area contributed by atoms with Crippen LogP contribution in [0.2, 0.25) is 0 Å². The average molecular weight is 234 g/mol. The fourth-order valence-corrected chi connectivity index (χ4v) is 2.85. The van der Waals surface area contributed by atoms with Crippen LogP contribution in [0.4, 0.5) is 8.78 Å². The summed E-state index contributed by atoms with van der Waals surface area (Å²) in [6, 6.07) is 0. The number of rotatable bonds is 4. The van der Waals surface area contributed by atoms with Gasteiger partial charge >= 0.3 is 0 Å². The van der Waals surface area contributed by atoms with Crippen molar-refractivity contribution in [2.75, 3.05) is 13.1 Å². The molecular weight excluding hydrogens is 210 g/mol. The molecule has 1 saturated carbocycles. The summed E-state index contributed by atoms with van der Waals surface area (Å²) < 4.78 is 24.5. The van der Waals surface area contributed by atoms with Crippen LogP contribution in [-0.4, -0.2) is 25.1 Å². The molecule has 0 amide bonds. The smallest absolute Gasteiger partial charge is 0.250 e. The van der Waals surface area contributed by atoms with Crippen molar-refractivity contribution < 1.29 is 8.78 Å². The zero-order valence-corrected chi connectivity index (χ0v) is 10.5. The van der Waals surface area contributed by atoms with Crippen molar-refractivity contribution in [3.8, 4) is 0 Å². The van der Waals surface area contributed by atoms with Gasteiger partial charge in [0.2, 0.25) is 0 Å². The summed E-state index contributed by atoms with van der Waals surface area (Å²) in [6.45, 7) is 6.78. The van der Waals surface area contributed by atoms with E-state index in [0.29, 0.717) is 17.9 Å². The Morgan fingerprint density at radius 3 is 2.44 bits per heavy atom. The molecule has 96 valence electrons. The summed E-state index contributed by atoms with van der Waals surface area (Å²) in [6.07, 6.45) is 0.681. The number of nitrogens with one attached hydrogen (secondary N) is 1. The molecule has 0 aromatic rings. The van der Waals surface area contributed by atoms with Crippen LogP contribution in [0, 0.1) is 11.3 Å². The highest BCUT2D eigenvalue weighted by atomic mass is 19.3. The zero-order chi connectivity index (χ0) is 12.4. The van der Waals surface area contributed by atoms with Gasteiger partial charge in [-0.1, -0.05) is 20.8 Å². The van der Waals surface area contributed by atoms with E-state index in [1.807, 2.05) is 0 Å². The van der Waals surface area contributed by atoms with E-state index in [1.54, 1.807) is 0 Å². The summed E-state index contributed by atoms with van der Waals surface area (Å²) in [7, 11) is 0. The molecule has 0 saturated heterocycles. The van der Waals surface area contributed by atoms with Crippen LogP contribution < -0.4 is 11.1 Å². The Morgan fingerprint density at radius 1 is 1.38 bits per heavy atom. The van der Waals surface area contributed by atoms with E-state index in [0.717, 1.165) is 19.3 Å². The molecule has 4 heteroatoms. The molecule has 3 N–H and O–H groups in total. The van der Waals surface area contributed by atoms with Gasteiger partial charge in [0.05, 0.1) is 6.54 Å². The Labute approximate surface area is 97.0 Å². The molecule has 0 spiro atoms. The van der Waals surface area contributed by atoms with Crippen molar-refractivity contribution in [2.45, 2.75) is 52.0 Å². The fourth-order valence-electron chi connectivity index (χ4n) is 2.85. The number of hydrogen-bond donors (Lipinski definition) is 2. The monoisotopic (exact) mass is 234 g/mol. The lowest BCUT2D eigenvalue weighted by molar-refractivity contribution is 0.0574. The molecule has 16 heavy (non-hydrogen) atoms. The van der Waals surface area contributed by atoms with Crippen LogP contribution in [0.25, 0.3) is 0 Å². The first-order valence-electron chi connectivity index (χ1n) is 6.04. The Morgan fingerprint density at radius 2 is 2.00 bits per heavy atom. The largest absolute Gasteiger partial charge is 0.329 e. The van der Waals surface area contributed by atoms with E-state index in [2.05, 4.69) is 26.1 Å². The lowest BCUT2D eigenvalue weighted by atomic mass is 9.64. The Bertz CT molecular complexity index is 227. The molecule has 2 unspecified atom stereocenters. The lowest BCUT2D eigenvalue weighted by Crippen LogP contribution is -2.60. The number of halogens is 2. The first-order chi connectivity index (χ1) is 7.31. The average Bonchev–Trinajstić information content (AvgIpc) is 2.16. The Balaban J connectivity index is 2.66. The number of alkyl halides is 2. The van der Waals surface area contributed by atoms with Gasteiger partial charge in [-0.05, 0) is 30.6 Å². The molecule has 1 rings (SSSR count). The first kappa shape index (κ1) is 13.8. The van der Waals surface area contributed by atoms with Gasteiger partial charge < -0.3 is 11.1 Å². The number of nitrogens with two attached hydrogens (primary N) is 1. The van der Waals surface area contributed by atoms with Crippen molar-refractivity contribution >= 4 is 0 Å². The molecule has 0 aliphatic heterocycles. The van der Waals surface area contributed by atoms with E-state index >= 15 is 0 Å². The van der Waals surface area contributed by atoms with Gasteiger partial charge in [-0.25, -0.2) is 8.78 Å². The van der Waals surface area contributed by atoms with E-state index in [-0.39, 0.29) is 12.1 Å². The summed E-state index contributed by atoms with van der Waals surface area (Å²) >= 11 is 0. The normalized spacial score (nSPS) is 34.3. The zero-order valence-electron chi connectivity index (χ0n) is 10.5. The van der Waals surface area contributed by atoms with Crippen LogP contribution in [0.5, 0.6) is 0 Å². The van der Waals surface area contributed by atoms with Crippen LogP contribution in [-0.2, 0) is 0 Å². The minimum Gasteiger partial charge on any atom is -0.329 e. The molecule has 1 fully saturated rings. The highest BCUT2D eigenvalue weighted by Crippen LogP contribution is 2.43. The van der Waals surface area contributed by atoms with Crippen molar-refractivity contribution in [2.24, 2.45) is 17.1 Å². The van der Waals surface area contributed by atoms with Crippen molar-refractivity contribution in [3.63, 3.8) is 0 Å². The molecule has 0 aromatic heterocycles. The Hall–Kier alpha value is -0.220. The van der Waals surface area contributed by atoms with Gasteiger partial charge in [-0.3, -0.25) is 0 Å². The van der Waals surface area contributed by atoms with Gasteiger partial charge in [0.1, 0.15) is 0 Å². The number of hydrogen-bond acceptors (Lipinski definition) is 2. The van der Waals surface area contributed by atoms with Crippen LogP contribution >= 0.6 is 0 Å². The van der Waals surface area contributed by atoms with Crippen LogP contribution in [0.3, 0.4) is 0 Å². The predicted molar refractivity (Wildman–Crippen MR) is 62.6 cm³/mol. The molecule has 1 aliphatic carbocycles. The van der Waals surface area contributed by atoms with Gasteiger partial charge in [0.25, 0.3) is 6.43 Å². The maximum absolute atomic E-state index is 12.3. The summed E-state index contributed by atoms with van der Waals surface area (Å²) in [5.74, 6) is 0.347. The predicted octanol–water partition coefficient (Wildman–Crippen LogP) is 2.38. The van der Waals surface area contributed by atoms with Gasteiger partial charge in [0, 0.05) is 12.1 Å². The van der Waals surface area contributed by atoms with Gasteiger partial charge in [0.15, 0.2) is 0 Å².